The van der Waals surface area contributed by atoms with Gasteiger partial charge < -0.3 is 20.0 Å². The van der Waals surface area contributed by atoms with Gasteiger partial charge in [0.2, 0.25) is 0 Å². The Kier molecular flexibility index (Phi) is 7.61. The van der Waals surface area contributed by atoms with Crippen molar-refractivity contribution in [3.05, 3.63) is 141 Å². The highest BCUT2D eigenvalue weighted by Crippen LogP contribution is 2.42. The lowest BCUT2D eigenvalue weighted by atomic mass is 9.84. The molecule has 0 aliphatic rings. The minimum atomic E-state index is -1.20. The number of aromatic hydroxyl groups is 1. The van der Waals surface area contributed by atoms with Gasteiger partial charge in [-0.25, -0.2) is 13.6 Å². The van der Waals surface area contributed by atoms with Gasteiger partial charge in [-0.3, -0.25) is 9.69 Å². The Labute approximate surface area is 252 Å². The van der Waals surface area contributed by atoms with E-state index in [0.717, 1.165) is 29.3 Å². The van der Waals surface area contributed by atoms with Gasteiger partial charge in [0.15, 0.2) is 0 Å². The molecule has 4 aromatic carbocycles. The minimum absolute atomic E-state index is 0.0867. The summed E-state index contributed by atoms with van der Waals surface area (Å²) < 4.78 is 31.7. The summed E-state index contributed by atoms with van der Waals surface area (Å²) in [4.78, 5) is 31.8. The van der Waals surface area contributed by atoms with E-state index in [-0.39, 0.29) is 29.5 Å². The quantitative estimate of drug-likeness (QED) is 0.196. The standard InChI is InChI=1S/C35H30F2N4O3/c1-40(22-10-4-3-5-11-22)35(44)38-19-18-24-23-12-6-8-14-28(23)39-32(24)30(26-20-21(36)16-17-27(26)37)31-33(42)25-13-7-9-15-29(25)41(2)34(31)43/h3-17,20,30,39,42H,18-19H2,1-2H3,(H,38,44). The summed E-state index contributed by atoms with van der Waals surface area (Å²) in [5.41, 5.74) is 2.32. The number of nitrogens with one attached hydrogen (secondary N) is 2. The van der Waals surface area contributed by atoms with Crippen LogP contribution in [0.25, 0.3) is 21.8 Å². The van der Waals surface area contributed by atoms with Crippen LogP contribution in [-0.2, 0) is 13.5 Å². The van der Waals surface area contributed by atoms with Crippen molar-refractivity contribution in [3.63, 3.8) is 0 Å². The third kappa shape index (κ3) is 5.06. The number of anilines is 1. The molecule has 2 amide bonds. The number of halogens is 2. The highest BCUT2D eigenvalue weighted by molar-refractivity contribution is 5.92. The summed E-state index contributed by atoms with van der Waals surface area (Å²) in [7, 11) is 3.25. The summed E-state index contributed by atoms with van der Waals surface area (Å²) in [5, 5.41) is 15.7. The highest BCUT2D eigenvalue weighted by Gasteiger charge is 2.32. The molecular formula is C35H30F2N4O3. The Morgan fingerprint density at radius 1 is 0.955 bits per heavy atom. The van der Waals surface area contributed by atoms with Crippen molar-refractivity contribution in [3.8, 4) is 5.75 Å². The van der Waals surface area contributed by atoms with Crippen molar-refractivity contribution >= 4 is 33.5 Å². The number of amides is 2. The molecule has 9 heteroatoms. The number of benzene rings is 4. The number of hydrogen-bond donors (Lipinski definition) is 3. The number of para-hydroxylation sites is 3. The van der Waals surface area contributed by atoms with Crippen LogP contribution in [-0.4, -0.2) is 34.3 Å². The van der Waals surface area contributed by atoms with Gasteiger partial charge in [0.25, 0.3) is 5.56 Å². The second-order valence-electron chi connectivity index (χ2n) is 10.7. The maximum Gasteiger partial charge on any atom is 0.321 e. The van der Waals surface area contributed by atoms with Gasteiger partial charge in [0.1, 0.15) is 17.4 Å². The first-order chi connectivity index (χ1) is 21.3. The molecule has 0 saturated heterocycles. The molecule has 0 radical (unpaired) electrons. The lowest BCUT2D eigenvalue weighted by Gasteiger charge is -2.23. The zero-order valence-electron chi connectivity index (χ0n) is 24.1. The molecule has 0 aliphatic carbocycles. The predicted molar refractivity (Wildman–Crippen MR) is 168 cm³/mol. The van der Waals surface area contributed by atoms with Crippen LogP contribution in [0.1, 0.15) is 28.3 Å². The number of fused-ring (bicyclic) bond motifs is 2. The topological polar surface area (TPSA) is 90.4 Å². The molecule has 222 valence electrons. The number of carbonyl (C=O) groups is 1. The summed E-state index contributed by atoms with van der Waals surface area (Å²) >= 11 is 0. The largest absolute Gasteiger partial charge is 0.507 e. The van der Waals surface area contributed by atoms with Crippen LogP contribution in [0.2, 0.25) is 0 Å². The van der Waals surface area contributed by atoms with E-state index < -0.39 is 23.1 Å². The van der Waals surface area contributed by atoms with Crippen LogP contribution < -0.4 is 15.8 Å². The average molecular weight is 593 g/mol. The van der Waals surface area contributed by atoms with Crippen molar-refractivity contribution in [1.82, 2.24) is 14.9 Å². The van der Waals surface area contributed by atoms with Crippen LogP contribution in [0.4, 0.5) is 19.3 Å². The molecule has 0 fully saturated rings. The Balaban J connectivity index is 1.50. The molecular weight excluding hydrogens is 562 g/mol. The molecule has 2 heterocycles. The van der Waals surface area contributed by atoms with Gasteiger partial charge in [-0.15, -0.1) is 0 Å². The van der Waals surface area contributed by atoms with Crippen molar-refractivity contribution in [1.29, 1.82) is 0 Å². The number of urea groups is 1. The highest BCUT2D eigenvalue weighted by atomic mass is 19.1. The lowest BCUT2D eigenvalue weighted by Crippen LogP contribution is -2.38. The molecule has 0 saturated carbocycles. The maximum absolute atomic E-state index is 15.6. The zero-order chi connectivity index (χ0) is 31.0. The fraction of sp³-hybridized carbons (Fsp3) is 0.143. The second kappa shape index (κ2) is 11.7. The van der Waals surface area contributed by atoms with E-state index in [2.05, 4.69) is 10.3 Å². The second-order valence-corrected chi connectivity index (χ2v) is 10.7. The average Bonchev–Trinajstić information content (AvgIpc) is 3.41. The van der Waals surface area contributed by atoms with Gasteiger partial charge in [-0.1, -0.05) is 48.5 Å². The Morgan fingerprint density at radius 2 is 1.64 bits per heavy atom. The summed E-state index contributed by atoms with van der Waals surface area (Å²) in [6.07, 6.45) is 0.301. The van der Waals surface area contributed by atoms with Crippen LogP contribution >= 0.6 is 0 Å². The molecule has 2 aromatic heterocycles. The number of carbonyl (C=O) groups excluding carboxylic acids is 1. The minimum Gasteiger partial charge on any atom is -0.507 e. The fourth-order valence-corrected chi connectivity index (χ4v) is 5.87. The van der Waals surface area contributed by atoms with Crippen molar-refractivity contribution in [2.24, 2.45) is 7.05 Å². The molecule has 0 spiro atoms. The fourth-order valence-electron chi connectivity index (χ4n) is 5.87. The van der Waals surface area contributed by atoms with Gasteiger partial charge in [0, 0.05) is 53.9 Å². The van der Waals surface area contributed by atoms with E-state index in [1.807, 2.05) is 54.6 Å². The molecule has 1 unspecified atom stereocenters. The molecule has 6 rings (SSSR count). The Hall–Kier alpha value is -5.44. The van der Waals surface area contributed by atoms with Gasteiger partial charge in [-0.2, -0.15) is 0 Å². The maximum atomic E-state index is 15.6. The van der Waals surface area contributed by atoms with Gasteiger partial charge >= 0.3 is 6.03 Å². The normalized spacial score (nSPS) is 12.0. The zero-order valence-corrected chi connectivity index (χ0v) is 24.1. The molecule has 6 aromatic rings. The Bertz CT molecular complexity index is 2070. The molecule has 0 bridgehead atoms. The number of hydrogen-bond acceptors (Lipinski definition) is 3. The van der Waals surface area contributed by atoms with Crippen LogP contribution in [0.15, 0.2) is 102 Å². The van der Waals surface area contributed by atoms with E-state index >= 15 is 4.39 Å². The van der Waals surface area contributed by atoms with Crippen molar-refractivity contribution < 1.29 is 18.7 Å². The monoisotopic (exact) mass is 592 g/mol. The van der Waals surface area contributed by atoms with E-state index in [1.165, 1.54) is 9.47 Å². The third-order valence-electron chi connectivity index (χ3n) is 8.10. The smallest absolute Gasteiger partial charge is 0.321 e. The number of H-pyrrole nitrogens is 1. The van der Waals surface area contributed by atoms with E-state index in [0.29, 0.717) is 34.1 Å². The number of aromatic amines is 1. The summed E-state index contributed by atoms with van der Waals surface area (Å²) in [6, 6.07) is 26.3. The lowest BCUT2D eigenvalue weighted by molar-refractivity contribution is 0.247. The van der Waals surface area contributed by atoms with Crippen molar-refractivity contribution in [2.45, 2.75) is 12.3 Å². The first kappa shape index (κ1) is 28.7. The molecule has 44 heavy (non-hydrogen) atoms. The first-order valence-electron chi connectivity index (χ1n) is 14.2. The van der Waals surface area contributed by atoms with E-state index in [9.17, 15) is 19.1 Å². The van der Waals surface area contributed by atoms with E-state index in [1.54, 1.807) is 38.4 Å². The van der Waals surface area contributed by atoms with Gasteiger partial charge in [-0.05, 0) is 60.5 Å². The molecule has 0 aliphatic heterocycles. The Morgan fingerprint density at radius 3 is 2.41 bits per heavy atom. The van der Waals surface area contributed by atoms with Crippen LogP contribution in [0, 0.1) is 11.6 Å². The first-order valence-corrected chi connectivity index (χ1v) is 14.2. The number of rotatable bonds is 7. The molecule has 3 N–H and O–H groups in total. The number of pyridine rings is 1. The van der Waals surface area contributed by atoms with E-state index in [4.69, 9.17) is 0 Å². The predicted octanol–water partition coefficient (Wildman–Crippen LogP) is 6.57. The molecule has 7 nitrogen and oxygen atoms in total. The molecule has 1 atom stereocenters. The SMILES string of the molecule is CN(C(=O)NCCc1c(C(c2cc(F)ccc2F)c2c(O)c3ccccc3n(C)c2=O)[nH]c2ccccc12)c1ccccc1. The van der Waals surface area contributed by atoms with Crippen LogP contribution in [0.5, 0.6) is 5.75 Å². The summed E-state index contributed by atoms with van der Waals surface area (Å²) in [5.74, 6) is -2.91. The van der Waals surface area contributed by atoms with Gasteiger partial charge in [0.05, 0.1) is 17.0 Å². The third-order valence-corrected chi connectivity index (χ3v) is 8.10. The number of nitrogens with zero attached hydrogens (tertiary/aromatic N) is 2. The number of aryl methyl sites for hydroxylation is 1. The number of aromatic nitrogens is 2. The summed E-state index contributed by atoms with van der Waals surface area (Å²) in [6.45, 7) is 0.213. The van der Waals surface area contributed by atoms with Crippen molar-refractivity contribution in [2.75, 3.05) is 18.5 Å². The van der Waals surface area contributed by atoms with Crippen LogP contribution in [0.3, 0.4) is 0 Å².